The molecule has 6 heteroatoms. The van der Waals surface area contributed by atoms with Gasteiger partial charge in [-0.2, -0.15) is 4.98 Å². The molecule has 3 aromatic rings. The molecule has 0 aliphatic carbocycles. The van der Waals surface area contributed by atoms with Crippen LogP contribution in [0.25, 0.3) is 11.1 Å². The first kappa shape index (κ1) is 15.6. The Morgan fingerprint density at radius 3 is 2.48 bits per heavy atom. The van der Waals surface area contributed by atoms with E-state index in [1.54, 1.807) is 24.3 Å². The Labute approximate surface area is 142 Å². The zero-order valence-corrected chi connectivity index (χ0v) is 13.6. The summed E-state index contributed by atoms with van der Waals surface area (Å²) in [5.74, 6) is 0.272. The largest absolute Gasteiger partial charge is 0.493 e. The summed E-state index contributed by atoms with van der Waals surface area (Å²) in [4.78, 5) is 19.0. The number of nitrogens with zero attached hydrogens (tertiary/aromatic N) is 1. The van der Waals surface area contributed by atoms with Crippen LogP contribution in [0.3, 0.4) is 0 Å². The molecule has 0 aliphatic rings. The van der Waals surface area contributed by atoms with Crippen LogP contribution < -0.4 is 5.56 Å². The molecule has 0 saturated carbocycles. The van der Waals surface area contributed by atoms with Gasteiger partial charge in [-0.1, -0.05) is 71.9 Å². The minimum atomic E-state index is -0.370. The van der Waals surface area contributed by atoms with E-state index < -0.39 is 0 Å². The van der Waals surface area contributed by atoms with Gasteiger partial charge < -0.3 is 10.1 Å². The Bertz CT molecular complexity index is 881. The van der Waals surface area contributed by atoms with E-state index in [2.05, 4.69) is 9.97 Å². The Balaban J connectivity index is 1.86. The SMILES string of the molecule is O=c1[nH]c(SCc2ccccc2Cl)nc(O)c1-c1ccccc1. The molecule has 0 aliphatic heterocycles. The highest BCUT2D eigenvalue weighted by molar-refractivity contribution is 7.98. The molecule has 1 aromatic heterocycles. The lowest BCUT2D eigenvalue weighted by Crippen LogP contribution is -2.11. The zero-order chi connectivity index (χ0) is 16.2. The first-order valence-corrected chi connectivity index (χ1v) is 8.26. The van der Waals surface area contributed by atoms with Crippen molar-refractivity contribution >= 4 is 23.4 Å². The van der Waals surface area contributed by atoms with E-state index in [1.165, 1.54) is 11.8 Å². The van der Waals surface area contributed by atoms with E-state index in [4.69, 9.17) is 11.6 Å². The van der Waals surface area contributed by atoms with Crippen molar-refractivity contribution in [2.75, 3.05) is 0 Å². The lowest BCUT2D eigenvalue weighted by atomic mass is 10.1. The number of hydrogen-bond donors (Lipinski definition) is 2. The van der Waals surface area contributed by atoms with Gasteiger partial charge in [-0.05, 0) is 17.2 Å². The fourth-order valence-corrected chi connectivity index (χ4v) is 3.28. The van der Waals surface area contributed by atoms with Crippen LogP contribution in [-0.2, 0) is 5.75 Å². The van der Waals surface area contributed by atoms with Gasteiger partial charge in [-0.3, -0.25) is 4.79 Å². The molecule has 0 amide bonds. The van der Waals surface area contributed by atoms with E-state index in [0.29, 0.717) is 21.5 Å². The third kappa shape index (κ3) is 3.57. The van der Waals surface area contributed by atoms with Crippen LogP contribution in [0.15, 0.2) is 64.5 Å². The molecule has 116 valence electrons. The van der Waals surface area contributed by atoms with E-state index in [1.807, 2.05) is 30.3 Å². The van der Waals surface area contributed by atoms with Crippen molar-refractivity contribution in [3.63, 3.8) is 0 Å². The molecular weight excluding hydrogens is 332 g/mol. The predicted molar refractivity (Wildman–Crippen MR) is 93.0 cm³/mol. The van der Waals surface area contributed by atoms with Crippen molar-refractivity contribution in [2.45, 2.75) is 10.9 Å². The summed E-state index contributed by atoms with van der Waals surface area (Å²) in [6, 6.07) is 16.4. The molecule has 3 rings (SSSR count). The van der Waals surface area contributed by atoms with E-state index in [-0.39, 0.29) is 17.0 Å². The number of aromatic amines is 1. The topological polar surface area (TPSA) is 66.0 Å². The minimum absolute atomic E-state index is 0.174. The molecule has 1 heterocycles. The van der Waals surface area contributed by atoms with E-state index in [9.17, 15) is 9.90 Å². The van der Waals surface area contributed by atoms with Gasteiger partial charge in [-0.15, -0.1) is 0 Å². The molecule has 2 aromatic carbocycles. The van der Waals surface area contributed by atoms with Crippen molar-refractivity contribution < 1.29 is 5.11 Å². The summed E-state index contributed by atoms with van der Waals surface area (Å²) in [5, 5.41) is 11.1. The molecule has 23 heavy (non-hydrogen) atoms. The molecule has 0 spiro atoms. The van der Waals surface area contributed by atoms with Gasteiger partial charge in [0.15, 0.2) is 5.16 Å². The summed E-state index contributed by atoms with van der Waals surface area (Å²) in [6.45, 7) is 0. The standard InChI is InChI=1S/C17H13ClN2O2S/c18-13-9-5-4-8-12(13)10-23-17-19-15(21)14(16(22)20-17)11-6-2-1-3-7-11/h1-9H,10H2,(H2,19,20,21,22). The summed E-state index contributed by atoms with van der Waals surface area (Å²) in [5.41, 5.74) is 1.37. The average Bonchev–Trinajstić information content (AvgIpc) is 2.54. The van der Waals surface area contributed by atoms with Gasteiger partial charge in [0, 0.05) is 10.8 Å². The first-order valence-electron chi connectivity index (χ1n) is 6.90. The minimum Gasteiger partial charge on any atom is -0.493 e. The maximum atomic E-state index is 12.2. The number of H-pyrrole nitrogens is 1. The number of benzene rings is 2. The molecule has 0 atom stereocenters. The van der Waals surface area contributed by atoms with Crippen molar-refractivity contribution in [3.8, 4) is 17.0 Å². The maximum absolute atomic E-state index is 12.2. The fourth-order valence-electron chi connectivity index (χ4n) is 2.14. The first-order chi connectivity index (χ1) is 11.1. The summed E-state index contributed by atoms with van der Waals surface area (Å²) >= 11 is 7.41. The lowest BCUT2D eigenvalue weighted by molar-refractivity contribution is 0.446. The van der Waals surface area contributed by atoms with Crippen molar-refractivity contribution in [3.05, 3.63) is 75.5 Å². The quantitative estimate of drug-likeness (QED) is 0.552. The van der Waals surface area contributed by atoms with E-state index in [0.717, 1.165) is 5.56 Å². The molecule has 4 nitrogen and oxygen atoms in total. The van der Waals surface area contributed by atoms with Crippen LogP contribution in [0.4, 0.5) is 0 Å². The van der Waals surface area contributed by atoms with Crippen LogP contribution in [0.1, 0.15) is 5.56 Å². The van der Waals surface area contributed by atoms with Gasteiger partial charge >= 0.3 is 0 Å². The molecular formula is C17H13ClN2O2S. The third-order valence-corrected chi connectivity index (χ3v) is 4.55. The van der Waals surface area contributed by atoms with Crippen LogP contribution in [-0.4, -0.2) is 15.1 Å². The highest BCUT2D eigenvalue weighted by Gasteiger charge is 2.13. The Morgan fingerprint density at radius 2 is 1.78 bits per heavy atom. The summed E-state index contributed by atoms with van der Waals surface area (Å²) in [7, 11) is 0. The van der Waals surface area contributed by atoms with Gasteiger partial charge in [0.1, 0.15) is 5.56 Å². The maximum Gasteiger partial charge on any atom is 0.263 e. The molecule has 0 saturated heterocycles. The number of rotatable bonds is 4. The van der Waals surface area contributed by atoms with Crippen LogP contribution in [0.5, 0.6) is 5.88 Å². The molecule has 2 N–H and O–H groups in total. The van der Waals surface area contributed by atoms with Gasteiger partial charge in [0.05, 0.1) is 0 Å². The second-order valence-corrected chi connectivity index (χ2v) is 6.19. The second kappa shape index (κ2) is 6.89. The fraction of sp³-hybridized carbons (Fsp3) is 0.0588. The smallest absolute Gasteiger partial charge is 0.263 e. The number of halogens is 1. The number of aromatic hydroxyl groups is 1. The normalized spacial score (nSPS) is 10.7. The second-order valence-electron chi connectivity index (χ2n) is 4.82. The van der Waals surface area contributed by atoms with Gasteiger partial charge in [-0.25, -0.2) is 0 Å². The van der Waals surface area contributed by atoms with Crippen molar-refractivity contribution in [1.29, 1.82) is 0 Å². The number of aromatic nitrogens is 2. The van der Waals surface area contributed by atoms with Gasteiger partial charge in [0.25, 0.3) is 5.56 Å². The third-order valence-electron chi connectivity index (χ3n) is 3.26. The Hall–Kier alpha value is -2.24. The summed E-state index contributed by atoms with van der Waals surface area (Å²) < 4.78 is 0. The van der Waals surface area contributed by atoms with Crippen molar-refractivity contribution in [1.82, 2.24) is 9.97 Å². The van der Waals surface area contributed by atoms with Crippen LogP contribution in [0, 0.1) is 0 Å². The molecule has 0 radical (unpaired) electrons. The van der Waals surface area contributed by atoms with Crippen LogP contribution >= 0.6 is 23.4 Å². The predicted octanol–water partition coefficient (Wildman–Crippen LogP) is 4.09. The number of hydrogen-bond acceptors (Lipinski definition) is 4. The average molecular weight is 345 g/mol. The number of nitrogens with one attached hydrogen (secondary N) is 1. The molecule has 0 fully saturated rings. The van der Waals surface area contributed by atoms with Gasteiger partial charge in [0.2, 0.25) is 5.88 Å². The highest BCUT2D eigenvalue weighted by Crippen LogP contribution is 2.28. The number of thioether (sulfide) groups is 1. The highest BCUT2D eigenvalue weighted by atomic mass is 35.5. The summed E-state index contributed by atoms with van der Waals surface area (Å²) in [6.07, 6.45) is 0. The molecule has 0 bridgehead atoms. The molecule has 0 unspecified atom stereocenters. The van der Waals surface area contributed by atoms with E-state index >= 15 is 0 Å². The zero-order valence-electron chi connectivity index (χ0n) is 12.0. The van der Waals surface area contributed by atoms with Crippen LogP contribution in [0.2, 0.25) is 5.02 Å². The Morgan fingerprint density at radius 1 is 1.09 bits per heavy atom. The Kier molecular flexibility index (Phi) is 4.69. The monoisotopic (exact) mass is 344 g/mol. The lowest BCUT2D eigenvalue weighted by Gasteiger charge is -2.06. The van der Waals surface area contributed by atoms with Crippen molar-refractivity contribution in [2.24, 2.45) is 0 Å².